The van der Waals surface area contributed by atoms with Gasteiger partial charge in [0.1, 0.15) is 11.8 Å². The molecule has 0 aliphatic carbocycles. The second-order valence-corrected chi connectivity index (χ2v) is 3.41. The number of carbonyl (C=O) groups is 1. The molecule has 0 bridgehead atoms. The van der Waals surface area contributed by atoms with Gasteiger partial charge in [-0.05, 0) is 12.1 Å². The van der Waals surface area contributed by atoms with E-state index in [-0.39, 0.29) is 23.5 Å². The lowest BCUT2D eigenvalue weighted by molar-refractivity contribution is -0.138. The number of hydrogen-bond donors (Lipinski definition) is 2. The summed E-state index contributed by atoms with van der Waals surface area (Å²) < 4.78 is 23.7. The van der Waals surface area contributed by atoms with Gasteiger partial charge < -0.3 is 20.3 Å². The number of hydrogen-bond acceptors (Lipinski definition) is 4. The van der Waals surface area contributed by atoms with E-state index in [9.17, 15) is 9.18 Å². The highest BCUT2D eigenvalue weighted by molar-refractivity contribution is 5.73. The molecule has 1 unspecified atom stereocenters. The first kappa shape index (κ1) is 13.2. The van der Waals surface area contributed by atoms with Crippen molar-refractivity contribution >= 4 is 5.97 Å². The highest BCUT2D eigenvalue weighted by atomic mass is 19.1. The van der Waals surface area contributed by atoms with Gasteiger partial charge >= 0.3 is 5.97 Å². The van der Waals surface area contributed by atoms with Crippen LogP contribution in [0, 0.1) is 5.82 Å². The topological polar surface area (TPSA) is 81.8 Å². The van der Waals surface area contributed by atoms with E-state index >= 15 is 0 Å². The molecule has 5 nitrogen and oxygen atoms in total. The normalized spacial score (nSPS) is 12.0. The number of methoxy groups -OCH3 is 2. The highest BCUT2D eigenvalue weighted by Crippen LogP contribution is 2.29. The summed E-state index contributed by atoms with van der Waals surface area (Å²) in [5.41, 5.74) is 5.47. The maximum absolute atomic E-state index is 13.9. The molecular formula is C11H14FNO4. The number of carboxylic acid groups (broad SMARTS) is 1. The minimum Gasteiger partial charge on any atom is -0.496 e. The Balaban J connectivity index is 3.14. The second-order valence-electron chi connectivity index (χ2n) is 3.41. The fourth-order valence-corrected chi connectivity index (χ4v) is 1.43. The van der Waals surface area contributed by atoms with Crippen LogP contribution in [0.15, 0.2) is 12.1 Å². The molecule has 0 heterocycles. The highest BCUT2D eigenvalue weighted by Gasteiger charge is 2.20. The largest absolute Gasteiger partial charge is 0.496 e. The first-order valence-corrected chi connectivity index (χ1v) is 4.89. The van der Waals surface area contributed by atoms with E-state index in [0.29, 0.717) is 0 Å². The summed E-state index contributed by atoms with van der Waals surface area (Å²) in [6.45, 7) is 0. The van der Waals surface area contributed by atoms with Crippen molar-refractivity contribution in [2.75, 3.05) is 14.2 Å². The zero-order valence-electron chi connectivity index (χ0n) is 9.57. The van der Waals surface area contributed by atoms with Gasteiger partial charge in [-0.1, -0.05) is 0 Å². The Morgan fingerprint density at radius 1 is 1.41 bits per heavy atom. The monoisotopic (exact) mass is 243 g/mol. The maximum Gasteiger partial charge on any atom is 0.320 e. The molecule has 0 aliphatic rings. The first-order chi connectivity index (χ1) is 8.01. The predicted octanol–water partition coefficient (Wildman–Crippen LogP) is 0.797. The van der Waals surface area contributed by atoms with Crippen LogP contribution in [0.25, 0.3) is 0 Å². The summed E-state index contributed by atoms with van der Waals surface area (Å²) in [6, 6.07) is 1.72. The average molecular weight is 243 g/mol. The Hall–Kier alpha value is -1.82. The fourth-order valence-electron chi connectivity index (χ4n) is 1.43. The van der Waals surface area contributed by atoms with Gasteiger partial charge in [0.2, 0.25) is 0 Å². The summed E-state index contributed by atoms with van der Waals surface area (Å²) in [5, 5.41) is 8.70. The van der Waals surface area contributed by atoms with E-state index in [4.69, 9.17) is 20.3 Å². The zero-order valence-corrected chi connectivity index (χ0v) is 9.57. The van der Waals surface area contributed by atoms with E-state index in [1.54, 1.807) is 0 Å². The van der Waals surface area contributed by atoms with Gasteiger partial charge in [-0.15, -0.1) is 0 Å². The lowest BCUT2D eigenvalue weighted by atomic mass is 10.0. The van der Waals surface area contributed by atoms with Crippen LogP contribution in [0.4, 0.5) is 4.39 Å². The average Bonchev–Trinajstić information content (AvgIpc) is 2.31. The Morgan fingerprint density at radius 2 is 1.94 bits per heavy atom. The van der Waals surface area contributed by atoms with Crippen LogP contribution in [-0.4, -0.2) is 31.3 Å². The predicted molar refractivity (Wildman–Crippen MR) is 58.8 cm³/mol. The number of nitrogens with two attached hydrogens (primary N) is 1. The minimum atomic E-state index is -1.20. The molecule has 1 atom stereocenters. The van der Waals surface area contributed by atoms with Crippen LogP contribution in [0.1, 0.15) is 5.56 Å². The van der Waals surface area contributed by atoms with Gasteiger partial charge in [0.25, 0.3) is 0 Å². The van der Waals surface area contributed by atoms with E-state index in [1.807, 2.05) is 0 Å². The van der Waals surface area contributed by atoms with Crippen molar-refractivity contribution in [1.82, 2.24) is 0 Å². The maximum atomic E-state index is 13.9. The van der Waals surface area contributed by atoms with Gasteiger partial charge in [-0.25, -0.2) is 4.39 Å². The number of benzene rings is 1. The lowest BCUT2D eigenvalue weighted by Crippen LogP contribution is -2.32. The number of carboxylic acids is 1. The summed E-state index contributed by atoms with van der Waals surface area (Å²) in [4.78, 5) is 10.6. The summed E-state index contributed by atoms with van der Waals surface area (Å²) in [5.74, 6) is -1.57. The third-order valence-corrected chi connectivity index (χ3v) is 2.35. The van der Waals surface area contributed by atoms with E-state index in [0.717, 1.165) is 0 Å². The number of halogens is 1. The molecule has 0 radical (unpaired) electrons. The van der Waals surface area contributed by atoms with Crippen molar-refractivity contribution in [3.63, 3.8) is 0 Å². The van der Waals surface area contributed by atoms with Crippen molar-refractivity contribution in [1.29, 1.82) is 0 Å². The van der Waals surface area contributed by atoms with Crippen LogP contribution in [0.2, 0.25) is 0 Å². The number of ether oxygens (including phenoxy) is 2. The molecule has 0 spiro atoms. The third kappa shape index (κ3) is 2.85. The first-order valence-electron chi connectivity index (χ1n) is 4.89. The molecule has 0 saturated carbocycles. The molecule has 0 aromatic heterocycles. The molecule has 1 rings (SSSR count). The molecule has 0 fully saturated rings. The Kier molecular flexibility index (Phi) is 4.28. The van der Waals surface area contributed by atoms with Crippen molar-refractivity contribution < 1.29 is 23.8 Å². The summed E-state index contributed by atoms with van der Waals surface area (Å²) >= 11 is 0. The van der Waals surface area contributed by atoms with Crippen LogP contribution in [0.3, 0.4) is 0 Å². The molecule has 0 aliphatic heterocycles. The minimum absolute atomic E-state index is 0.0263. The van der Waals surface area contributed by atoms with Crippen LogP contribution >= 0.6 is 0 Å². The standard InChI is InChI=1S/C11H14FNO4/c1-16-8-3-4-9(17-2)10(12)6(8)5-7(13)11(14)15/h3-4,7H,5,13H2,1-2H3,(H,14,15). The Labute approximate surface area is 97.9 Å². The molecule has 0 amide bonds. The van der Waals surface area contributed by atoms with Crippen molar-refractivity contribution in [3.8, 4) is 11.5 Å². The van der Waals surface area contributed by atoms with Crippen LogP contribution in [0.5, 0.6) is 11.5 Å². The van der Waals surface area contributed by atoms with E-state index in [1.165, 1.54) is 26.4 Å². The number of aliphatic carboxylic acids is 1. The van der Waals surface area contributed by atoms with Gasteiger partial charge in [-0.3, -0.25) is 4.79 Å². The molecular weight excluding hydrogens is 229 g/mol. The zero-order chi connectivity index (χ0) is 13.0. The van der Waals surface area contributed by atoms with Gasteiger partial charge in [0.05, 0.1) is 14.2 Å². The lowest BCUT2D eigenvalue weighted by Gasteiger charge is -2.14. The van der Waals surface area contributed by atoms with Crippen LogP contribution in [-0.2, 0) is 11.2 Å². The SMILES string of the molecule is COc1ccc(OC)c(CC(N)C(=O)O)c1F. The van der Waals surface area contributed by atoms with Crippen molar-refractivity contribution in [2.24, 2.45) is 5.73 Å². The molecule has 94 valence electrons. The van der Waals surface area contributed by atoms with Crippen LogP contribution < -0.4 is 15.2 Å². The summed E-state index contributed by atoms with van der Waals surface area (Å²) in [7, 11) is 2.70. The molecule has 3 N–H and O–H groups in total. The molecule has 1 aromatic rings. The Morgan fingerprint density at radius 3 is 2.41 bits per heavy atom. The fraction of sp³-hybridized carbons (Fsp3) is 0.364. The molecule has 0 saturated heterocycles. The quantitative estimate of drug-likeness (QED) is 0.799. The van der Waals surface area contributed by atoms with Gasteiger partial charge in [0, 0.05) is 12.0 Å². The molecule has 6 heteroatoms. The number of rotatable bonds is 5. The third-order valence-electron chi connectivity index (χ3n) is 2.35. The molecule has 17 heavy (non-hydrogen) atoms. The second kappa shape index (κ2) is 5.49. The van der Waals surface area contributed by atoms with E-state index in [2.05, 4.69) is 0 Å². The Bertz CT molecular complexity index is 422. The van der Waals surface area contributed by atoms with Gasteiger partial charge in [-0.2, -0.15) is 0 Å². The molecule has 1 aromatic carbocycles. The summed E-state index contributed by atoms with van der Waals surface area (Å²) in [6.07, 6.45) is -0.165. The smallest absolute Gasteiger partial charge is 0.320 e. The van der Waals surface area contributed by atoms with E-state index < -0.39 is 17.8 Å². The van der Waals surface area contributed by atoms with Crippen molar-refractivity contribution in [2.45, 2.75) is 12.5 Å². The van der Waals surface area contributed by atoms with Crippen molar-refractivity contribution in [3.05, 3.63) is 23.5 Å². The van der Waals surface area contributed by atoms with Gasteiger partial charge in [0.15, 0.2) is 11.6 Å².